The average Bonchev–Trinajstić information content (AvgIpc) is 2.41. The van der Waals surface area contributed by atoms with Crippen molar-refractivity contribution >= 4 is 23.2 Å². The number of nitrogens with zero attached hydrogens (tertiary/aromatic N) is 3. The van der Waals surface area contributed by atoms with Gasteiger partial charge in [-0.05, 0) is 31.7 Å². The molecule has 6 heteroatoms. The summed E-state index contributed by atoms with van der Waals surface area (Å²) in [7, 11) is 3.62. The fraction of sp³-hybridized carbons (Fsp3) is 0.533. The van der Waals surface area contributed by atoms with Crippen molar-refractivity contribution in [2.75, 3.05) is 33.8 Å². The van der Waals surface area contributed by atoms with Gasteiger partial charge in [0.1, 0.15) is 6.04 Å². The van der Waals surface area contributed by atoms with Crippen molar-refractivity contribution in [1.29, 1.82) is 5.26 Å². The third kappa shape index (κ3) is 3.44. The topological polar surface area (TPSA) is 39.5 Å². The Morgan fingerprint density at radius 3 is 2.43 bits per heavy atom. The van der Waals surface area contributed by atoms with Crippen LogP contribution in [0, 0.1) is 11.3 Å². The highest BCUT2D eigenvalue weighted by Gasteiger charge is 2.30. The van der Waals surface area contributed by atoms with Crippen LogP contribution in [0.15, 0.2) is 12.1 Å². The van der Waals surface area contributed by atoms with Crippen LogP contribution in [0.3, 0.4) is 0 Å². The molecule has 1 fully saturated rings. The summed E-state index contributed by atoms with van der Waals surface area (Å²) >= 11 is 12.4. The summed E-state index contributed by atoms with van der Waals surface area (Å²) in [6.45, 7) is 4.86. The van der Waals surface area contributed by atoms with E-state index in [1.54, 1.807) is 12.1 Å². The SMILES string of the molecule is COc1c(Cl)cc(C(C#N)N2CCN(C)CC2C)cc1Cl. The molecule has 0 saturated carbocycles. The highest BCUT2D eigenvalue weighted by Crippen LogP contribution is 2.37. The number of benzene rings is 1. The number of rotatable bonds is 3. The van der Waals surface area contributed by atoms with Gasteiger partial charge in [-0.25, -0.2) is 0 Å². The summed E-state index contributed by atoms with van der Waals surface area (Å²) in [6, 6.07) is 5.86. The molecule has 1 aromatic rings. The van der Waals surface area contributed by atoms with Gasteiger partial charge in [-0.15, -0.1) is 0 Å². The summed E-state index contributed by atoms with van der Waals surface area (Å²) in [5.41, 5.74) is 0.810. The number of hydrogen-bond acceptors (Lipinski definition) is 4. The standard InChI is InChI=1S/C15H19Cl2N3O/c1-10-9-19(2)4-5-20(10)14(8-18)11-6-12(16)15(21-3)13(17)7-11/h6-7,10,14H,4-5,9H2,1-3H3. The van der Waals surface area contributed by atoms with Crippen molar-refractivity contribution in [2.45, 2.75) is 19.0 Å². The van der Waals surface area contributed by atoms with Crippen LogP contribution in [0.25, 0.3) is 0 Å². The fourth-order valence-corrected chi connectivity index (χ4v) is 3.47. The lowest BCUT2D eigenvalue weighted by atomic mass is 10.0. The number of halogens is 2. The van der Waals surface area contributed by atoms with E-state index in [1.807, 2.05) is 0 Å². The maximum absolute atomic E-state index is 9.60. The minimum Gasteiger partial charge on any atom is -0.494 e. The second-order valence-electron chi connectivity index (χ2n) is 5.40. The molecule has 0 aromatic heterocycles. The van der Waals surface area contributed by atoms with Crippen molar-refractivity contribution in [3.05, 3.63) is 27.7 Å². The number of ether oxygens (including phenoxy) is 1. The van der Waals surface area contributed by atoms with E-state index in [0.29, 0.717) is 21.8 Å². The Balaban J connectivity index is 2.32. The summed E-state index contributed by atoms with van der Waals surface area (Å²) < 4.78 is 5.16. The van der Waals surface area contributed by atoms with E-state index in [0.717, 1.165) is 25.2 Å². The van der Waals surface area contributed by atoms with Gasteiger partial charge in [-0.2, -0.15) is 5.26 Å². The quantitative estimate of drug-likeness (QED) is 0.854. The maximum atomic E-state index is 9.60. The number of piperazine rings is 1. The molecule has 1 aliphatic rings. The van der Waals surface area contributed by atoms with E-state index in [-0.39, 0.29) is 6.04 Å². The molecule has 0 aliphatic carbocycles. The Bertz CT molecular complexity index is 535. The van der Waals surface area contributed by atoms with Gasteiger partial charge in [-0.3, -0.25) is 4.90 Å². The van der Waals surface area contributed by atoms with Gasteiger partial charge in [-0.1, -0.05) is 23.2 Å². The van der Waals surface area contributed by atoms with Crippen LogP contribution in [0.5, 0.6) is 5.75 Å². The van der Waals surface area contributed by atoms with Crippen molar-refractivity contribution in [1.82, 2.24) is 9.80 Å². The van der Waals surface area contributed by atoms with Crippen LogP contribution >= 0.6 is 23.2 Å². The molecule has 1 aliphatic heterocycles. The molecule has 1 aromatic carbocycles. The lowest BCUT2D eigenvalue weighted by molar-refractivity contribution is 0.0797. The summed E-state index contributed by atoms with van der Waals surface area (Å²) in [4.78, 5) is 4.46. The third-order valence-corrected chi connectivity index (χ3v) is 4.44. The van der Waals surface area contributed by atoms with E-state index in [1.165, 1.54) is 7.11 Å². The number of methoxy groups -OCH3 is 1. The van der Waals surface area contributed by atoms with Crippen LogP contribution < -0.4 is 4.74 Å². The van der Waals surface area contributed by atoms with Gasteiger partial charge >= 0.3 is 0 Å². The molecule has 1 heterocycles. The van der Waals surface area contributed by atoms with E-state index in [9.17, 15) is 5.26 Å². The monoisotopic (exact) mass is 327 g/mol. The highest BCUT2D eigenvalue weighted by molar-refractivity contribution is 6.37. The van der Waals surface area contributed by atoms with Crippen LogP contribution in [0.4, 0.5) is 0 Å². The Morgan fingerprint density at radius 1 is 1.33 bits per heavy atom. The molecule has 2 atom stereocenters. The number of likely N-dealkylation sites (N-methyl/N-ethyl adjacent to an activating group) is 1. The van der Waals surface area contributed by atoms with Gasteiger partial charge in [0, 0.05) is 25.7 Å². The molecule has 1 saturated heterocycles. The van der Waals surface area contributed by atoms with Crippen LogP contribution in [-0.4, -0.2) is 49.6 Å². The van der Waals surface area contributed by atoms with E-state index in [4.69, 9.17) is 27.9 Å². The Kier molecular flexibility index (Phi) is 5.34. The molecule has 4 nitrogen and oxygen atoms in total. The largest absolute Gasteiger partial charge is 0.494 e. The van der Waals surface area contributed by atoms with Crippen molar-refractivity contribution in [2.24, 2.45) is 0 Å². The number of hydrogen-bond donors (Lipinski definition) is 0. The van der Waals surface area contributed by atoms with Gasteiger partial charge in [0.2, 0.25) is 0 Å². The Labute approximate surface area is 135 Å². The molecule has 0 radical (unpaired) electrons. The van der Waals surface area contributed by atoms with E-state index in [2.05, 4.69) is 29.8 Å². The molecule has 0 bridgehead atoms. The molecule has 2 rings (SSSR count). The Morgan fingerprint density at radius 2 is 1.95 bits per heavy atom. The normalized spacial score (nSPS) is 21.8. The predicted octanol–water partition coefficient (Wildman–Crippen LogP) is 3.20. The fourth-order valence-electron chi connectivity index (χ4n) is 2.81. The zero-order chi connectivity index (χ0) is 15.6. The second-order valence-corrected chi connectivity index (χ2v) is 6.21. The number of nitriles is 1. The molecule has 2 unspecified atom stereocenters. The first-order valence-electron chi connectivity index (χ1n) is 6.84. The summed E-state index contributed by atoms with van der Waals surface area (Å²) in [6.07, 6.45) is 0. The Hall–Kier alpha value is -0.990. The molecular weight excluding hydrogens is 309 g/mol. The van der Waals surface area contributed by atoms with Gasteiger partial charge < -0.3 is 9.64 Å². The first kappa shape index (κ1) is 16.4. The minimum atomic E-state index is -0.352. The van der Waals surface area contributed by atoms with Crippen molar-refractivity contribution in [3.63, 3.8) is 0 Å². The second kappa shape index (κ2) is 6.85. The van der Waals surface area contributed by atoms with Crippen LogP contribution in [-0.2, 0) is 0 Å². The van der Waals surface area contributed by atoms with Gasteiger partial charge in [0.05, 0.1) is 23.2 Å². The lowest BCUT2D eigenvalue weighted by Crippen LogP contribution is -2.51. The zero-order valence-corrected chi connectivity index (χ0v) is 13.9. The predicted molar refractivity (Wildman–Crippen MR) is 85.0 cm³/mol. The first-order valence-corrected chi connectivity index (χ1v) is 7.60. The highest BCUT2D eigenvalue weighted by atomic mass is 35.5. The summed E-state index contributed by atoms with van der Waals surface area (Å²) in [5, 5.41) is 10.5. The molecule has 0 spiro atoms. The minimum absolute atomic E-state index is 0.299. The van der Waals surface area contributed by atoms with Gasteiger partial charge in [0.15, 0.2) is 5.75 Å². The maximum Gasteiger partial charge on any atom is 0.156 e. The summed E-state index contributed by atoms with van der Waals surface area (Å²) in [5.74, 6) is 0.449. The van der Waals surface area contributed by atoms with E-state index < -0.39 is 0 Å². The average molecular weight is 328 g/mol. The molecule has 0 amide bonds. The molecule has 114 valence electrons. The van der Waals surface area contributed by atoms with Gasteiger partial charge in [0.25, 0.3) is 0 Å². The third-order valence-electron chi connectivity index (χ3n) is 3.88. The molecule has 21 heavy (non-hydrogen) atoms. The van der Waals surface area contributed by atoms with Crippen LogP contribution in [0.2, 0.25) is 10.0 Å². The smallest absolute Gasteiger partial charge is 0.156 e. The van der Waals surface area contributed by atoms with Crippen molar-refractivity contribution in [3.8, 4) is 11.8 Å². The lowest BCUT2D eigenvalue weighted by Gasteiger charge is -2.40. The van der Waals surface area contributed by atoms with Crippen LogP contribution in [0.1, 0.15) is 18.5 Å². The van der Waals surface area contributed by atoms with E-state index >= 15 is 0 Å². The van der Waals surface area contributed by atoms with Crippen molar-refractivity contribution < 1.29 is 4.74 Å². The zero-order valence-electron chi connectivity index (χ0n) is 12.4. The molecular formula is C15H19Cl2N3O. The first-order chi connectivity index (χ1) is 9.97. The molecule has 0 N–H and O–H groups in total.